The molecule has 0 radical (unpaired) electrons. The van der Waals surface area contributed by atoms with Crippen LogP contribution in [0.15, 0.2) is 63.1 Å². The minimum absolute atomic E-state index is 0.278. The molecule has 28 heavy (non-hydrogen) atoms. The fraction of sp³-hybridized carbons (Fsp3) is 0.0952. The number of hydrogen-bond acceptors (Lipinski definition) is 7. The topological polar surface area (TPSA) is 78.6 Å². The zero-order valence-electron chi connectivity index (χ0n) is 15.1. The van der Waals surface area contributed by atoms with Crippen LogP contribution in [0, 0.1) is 6.92 Å². The van der Waals surface area contributed by atoms with E-state index in [0.717, 1.165) is 5.01 Å². The summed E-state index contributed by atoms with van der Waals surface area (Å²) in [6, 6.07) is 13.3. The highest BCUT2D eigenvalue weighted by Gasteiger charge is 2.13. The number of carbonyl (C=O) groups is 1. The SMILES string of the molecule is COc1cccc(C(=O)Oc2ccc3cc(-c4csc(C)n4)c(=O)oc3c2)c1. The summed E-state index contributed by atoms with van der Waals surface area (Å²) in [7, 11) is 1.52. The molecule has 2 aromatic carbocycles. The Hall–Kier alpha value is -3.45. The van der Waals surface area contributed by atoms with Gasteiger partial charge in [0.25, 0.3) is 0 Å². The van der Waals surface area contributed by atoms with E-state index in [1.807, 2.05) is 12.3 Å². The van der Waals surface area contributed by atoms with Gasteiger partial charge in [0.1, 0.15) is 17.1 Å². The van der Waals surface area contributed by atoms with Gasteiger partial charge in [-0.15, -0.1) is 11.3 Å². The summed E-state index contributed by atoms with van der Waals surface area (Å²) >= 11 is 1.47. The number of esters is 1. The number of fused-ring (bicyclic) bond motifs is 1. The second-order valence-corrected chi connectivity index (χ2v) is 7.08. The molecule has 0 unspecified atom stereocenters. The van der Waals surface area contributed by atoms with E-state index in [9.17, 15) is 9.59 Å². The van der Waals surface area contributed by atoms with E-state index in [0.29, 0.717) is 33.5 Å². The van der Waals surface area contributed by atoms with Gasteiger partial charge < -0.3 is 13.9 Å². The van der Waals surface area contributed by atoms with Gasteiger partial charge in [-0.25, -0.2) is 14.6 Å². The Morgan fingerprint density at radius 1 is 1.11 bits per heavy atom. The molecule has 0 N–H and O–H groups in total. The Balaban J connectivity index is 1.64. The Morgan fingerprint density at radius 3 is 2.71 bits per heavy atom. The van der Waals surface area contributed by atoms with E-state index < -0.39 is 11.6 Å². The van der Waals surface area contributed by atoms with Crippen LogP contribution in [-0.2, 0) is 0 Å². The summed E-state index contributed by atoms with van der Waals surface area (Å²) in [6.07, 6.45) is 0. The van der Waals surface area contributed by atoms with Crippen molar-refractivity contribution in [2.75, 3.05) is 7.11 Å². The van der Waals surface area contributed by atoms with Crippen LogP contribution in [0.3, 0.4) is 0 Å². The zero-order valence-corrected chi connectivity index (χ0v) is 15.9. The monoisotopic (exact) mass is 393 g/mol. The molecule has 6 nitrogen and oxygen atoms in total. The highest BCUT2D eigenvalue weighted by atomic mass is 32.1. The van der Waals surface area contributed by atoms with Gasteiger partial charge in [0, 0.05) is 16.8 Å². The molecule has 4 aromatic rings. The van der Waals surface area contributed by atoms with Gasteiger partial charge in [0.05, 0.1) is 28.9 Å². The number of carbonyl (C=O) groups excluding carboxylic acids is 1. The number of aromatic nitrogens is 1. The number of benzene rings is 2. The predicted molar refractivity (Wildman–Crippen MR) is 106 cm³/mol. The van der Waals surface area contributed by atoms with E-state index in [4.69, 9.17) is 13.9 Å². The van der Waals surface area contributed by atoms with Crippen LogP contribution in [0.2, 0.25) is 0 Å². The second kappa shape index (κ2) is 7.28. The molecule has 4 rings (SSSR count). The van der Waals surface area contributed by atoms with Crippen molar-refractivity contribution in [2.45, 2.75) is 6.92 Å². The first-order valence-corrected chi connectivity index (χ1v) is 9.28. The van der Waals surface area contributed by atoms with Crippen molar-refractivity contribution in [1.29, 1.82) is 0 Å². The van der Waals surface area contributed by atoms with Crippen molar-refractivity contribution < 1.29 is 18.7 Å². The van der Waals surface area contributed by atoms with E-state index in [1.165, 1.54) is 24.5 Å². The molecule has 0 aliphatic heterocycles. The van der Waals surface area contributed by atoms with Crippen LogP contribution in [0.4, 0.5) is 0 Å². The number of hydrogen-bond donors (Lipinski definition) is 0. The smallest absolute Gasteiger partial charge is 0.345 e. The highest BCUT2D eigenvalue weighted by Crippen LogP contribution is 2.26. The molecular formula is C21H15NO5S. The molecule has 0 aliphatic rings. The first kappa shape index (κ1) is 17.9. The standard InChI is InChI=1S/C21H15NO5S/c1-12-22-18(11-28-12)17-9-13-6-7-16(10-19(13)27-21(17)24)26-20(23)14-4-3-5-15(8-14)25-2/h3-11H,1-2H3. The van der Waals surface area contributed by atoms with Gasteiger partial charge in [0.2, 0.25) is 0 Å². The third-order valence-corrected chi connectivity index (χ3v) is 4.89. The van der Waals surface area contributed by atoms with Crippen LogP contribution in [0.25, 0.3) is 22.2 Å². The summed E-state index contributed by atoms with van der Waals surface area (Å²) < 4.78 is 15.9. The van der Waals surface area contributed by atoms with Crippen molar-refractivity contribution >= 4 is 28.3 Å². The Bertz CT molecular complexity index is 1240. The normalized spacial score (nSPS) is 10.8. The Kier molecular flexibility index (Phi) is 4.67. The minimum Gasteiger partial charge on any atom is -0.497 e. The number of thiazole rings is 1. The molecule has 0 atom stereocenters. The molecule has 7 heteroatoms. The third-order valence-electron chi connectivity index (χ3n) is 4.12. The van der Waals surface area contributed by atoms with Crippen LogP contribution >= 0.6 is 11.3 Å². The van der Waals surface area contributed by atoms with Gasteiger partial charge in [-0.1, -0.05) is 6.07 Å². The zero-order chi connectivity index (χ0) is 19.7. The first-order valence-electron chi connectivity index (χ1n) is 8.40. The van der Waals surface area contributed by atoms with Gasteiger partial charge in [0.15, 0.2) is 0 Å². The van der Waals surface area contributed by atoms with Crippen molar-refractivity contribution in [3.63, 3.8) is 0 Å². The lowest BCUT2D eigenvalue weighted by Gasteiger charge is -2.07. The van der Waals surface area contributed by atoms with E-state index in [2.05, 4.69) is 4.98 Å². The number of nitrogens with zero attached hydrogens (tertiary/aromatic N) is 1. The second-order valence-electron chi connectivity index (χ2n) is 6.02. The summed E-state index contributed by atoms with van der Waals surface area (Å²) in [5.74, 6) is 0.305. The van der Waals surface area contributed by atoms with Crippen LogP contribution in [-0.4, -0.2) is 18.1 Å². The fourth-order valence-corrected chi connectivity index (χ4v) is 3.35. The highest BCUT2D eigenvalue weighted by molar-refractivity contribution is 7.09. The van der Waals surface area contributed by atoms with Crippen molar-refractivity contribution in [3.8, 4) is 22.8 Å². The molecule has 0 saturated heterocycles. The maximum absolute atomic E-state index is 12.3. The maximum atomic E-state index is 12.3. The summed E-state index contributed by atoms with van der Waals surface area (Å²) in [6.45, 7) is 1.87. The number of methoxy groups -OCH3 is 1. The number of rotatable bonds is 4. The van der Waals surface area contributed by atoms with Crippen LogP contribution in [0.1, 0.15) is 15.4 Å². The van der Waals surface area contributed by atoms with E-state index >= 15 is 0 Å². The molecule has 0 saturated carbocycles. The molecule has 0 aliphatic carbocycles. The number of aryl methyl sites for hydroxylation is 1. The minimum atomic E-state index is -0.532. The quantitative estimate of drug-likeness (QED) is 0.289. The number of ether oxygens (including phenoxy) is 2. The van der Waals surface area contributed by atoms with Gasteiger partial charge in [-0.05, 0) is 43.3 Å². The van der Waals surface area contributed by atoms with Crippen molar-refractivity contribution in [2.24, 2.45) is 0 Å². The summed E-state index contributed by atoms with van der Waals surface area (Å²) in [5.41, 5.74) is 1.19. The van der Waals surface area contributed by atoms with Crippen LogP contribution < -0.4 is 15.1 Å². The largest absolute Gasteiger partial charge is 0.497 e. The fourth-order valence-electron chi connectivity index (χ4n) is 2.74. The maximum Gasteiger partial charge on any atom is 0.345 e. The average Bonchev–Trinajstić information content (AvgIpc) is 3.13. The summed E-state index contributed by atoms with van der Waals surface area (Å²) in [4.78, 5) is 29.0. The van der Waals surface area contributed by atoms with E-state index in [1.54, 1.807) is 42.5 Å². The predicted octanol–water partition coefficient (Wildman–Crippen LogP) is 4.45. The lowest BCUT2D eigenvalue weighted by Crippen LogP contribution is -2.08. The molecule has 0 spiro atoms. The molecule has 0 bridgehead atoms. The molecular weight excluding hydrogens is 378 g/mol. The van der Waals surface area contributed by atoms with Crippen LogP contribution in [0.5, 0.6) is 11.5 Å². The Morgan fingerprint density at radius 2 is 1.96 bits per heavy atom. The van der Waals surface area contributed by atoms with Gasteiger partial charge >= 0.3 is 11.6 Å². The molecule has 140 valence electrons. The van der Waals surface area contributed by atoms with Crippen molar-refractivity contribution in [1.82, 2.24) is 4.98 Å². The van der Waals surface area contributed by atoms with Crippen molar-refractivity contribution in [3.05, 3.63) is 74.9 Å². The van der Waals surface area contributed by atoms with Gasteiger partial charge in [-0.2, -0.15) is 0 Å². The molecule has 0 amide bonds. The lowest BCUT2D eigenvalue weighted by molar-refractivity contribution is 0.0734. The third kappa shape index (κ3) is 3.52. The first-order chi connectivity index (χ1) is 13.5. The summed E-state index contributed by atoms with van der Waals surface area (Å²) in [5, 5.41) is 3.40. The molecule has 2 aromatic heterocycles. The van der Waals surface area contributed by atoms with E-state index in [-0.39, 0.29) is 5.75 Å². The Labute approximate surface area is 164 Å². The molecule has 2 heterocycles. The molecule has 0 fully saturated rings. The lowest BCUT2D eigenvalue weighted by atomic mass is 10.1. The van der Waals surface area contributed by atoms with Gasteiger partial charge in [-0.3, -0.25) is 0 Å². The average molecular weight is 393 g/mol.